The topological polar surface area (TPSA) is 80.5 Å². The lowest BCUT2D eigenvalue weighted by Crippen LogP contribution is -2.24. The number of rotatable bonds is 8. The van der Waals surface area contributed by atoms with Gasteiger partial charge in [-0.15, -0.1) is 0 Å². The van der Waals surface area contributed by atoms with Gasteiger partial charge in [0.15, 0.2) is 0 Å². The highest BCUT2D eigenvalue weighted by atomic mass is 19.4. The molecule has 0 atom stereocenters. The Kier molecular flexibility index (Phi) is 6.91. The lowest BCUT2D eigenvalue weighted by Gasteiger charge is -2.14. The summed E-state index contributed by atoms with van der Waals surface area (Å²) >= 11 is 0. The molecular weight excluding hydrogens is 413 g/mol. The molecule has 0 unspecified atom stereocenters. The molecule has 0 aliphatic heterocycles. The van der Waals surface area contributed by atoms with Gasteiger partial charge in [-0.3, -0.25) is 4.79 Å². The van der Waals surface area contributed by atoms with Crippen LogP contribution in [0.2, 0.25) is 0 Å². The van der Waals surface area contributed by atoms with E-state index in [2.05, 4.69) is 20.0 Å². The highest BCUT2D eigenvalue weighted by Crippen LogP contribution is 2.29. The van der Waals surface area contributed by atoms with Gasteiger partial charge in [0.1, 0.15) is 12.4 Å². The van der Waals surface area contributed by atoms with Crippen LogP contribution in [0.5, 0.6) is 5.75 Å². The minimum Gasteiger partial charge on any atom is -0.492 e. The van der Waals surface area contributed by atoms with Gasteiger partial charge in [-0.25, -0.2) is 0 Å². The van der Waals surface area contributed by atoms with Crippen LogP contribution >= 0.6 is 0 Å². The summed E-state index contributed by atoms with van der Waals surface area (Å²) in [5, 5.41) is 6.13. The van der Waals surface area contributed by atoms with Gasteiger partial charge in [0.05, 0.1) is 0 Å². The fraction of sp³-hybridized carbons (Fsp3) is 0.286. The van der Waals surface area contributed by atoms with Crippen LogP contribution in [0.4, 0.5) is 13.2 Å². The quantitative estimate of drug-likeness (QED) is 0.583. The minimum absolute atomic E-state index is 0.224. The number of amides is 1. The molecule has 0 saturated heterocycles. The number of para-hydroxylation sites is 1. The van der Waals surface area contributed by atoms with E-state index < -0.39 is 18.0 Å². The van der Waals surface area contributed by atoms with Gasteiger partial charge in [0.2, 0.25) is 5.82 Å². The Balaban J connectivity index is 1.67. The second-order valence-electron chi connectivity index (χ2n) is 6.94. The van der Waals surface area contributed by atoms with Crippen LogP contribution in [0.15, 0.2) is 53.1 Å². The van der Waals surface area contributed by atoms with Crippen LogP contribution in [0.25, 0.3) is 11.4 Å². The van der Waals surface area contributed by atoms with Crippen LogP contribution in [-0.2, 0) is 12.7 Å². The molecule has 3 aromatic rings. The molecule has 0 spiro atoms. The number of carbonyl (C=O) groups is 1. The first-order valence-electron chi connectivity index (χ1n) is 9.39. The second-order valence-corrected chi connectivity index (χ2v) is 6.94. The van der Waals surface area contributed by atoms with E-state index in [0.29, 0.717) is 12.4 Å². The summed E-state index contributed by atoms with van der Waals surface area (Å²) in [5.74, 6) is -1.42. The van der Waals surface area contributed by atoms with E-state index in [4.69, 9.17) is 4.74 Å². The number of hydrogen-bond donors (Lipinski definition) is 1. The van der Waals surface area contributed by atoms with E-state index in [1.165, 1.54) is 18.2 Å². The van der Waals surface area contributed by atoms with E-state index in [9.17, 15) is 18.0 Å². The maximum Gasteiger partial charge on any atom is 0.471 e. The van der Waals surface area contributed by atoms with Crippen molar-refractivity contribution in [1.29, 1.82) is 0 Å². The predicted octanol–water partition coefficient (Wildman–Crippen LogP) is 3.63. The van der Waals surface area contributed by atoms with Gasteiger partial charge in [-0.1, -0.05) is 35.5 Å². The number of likely N-dealkylation sites (N-methyl/N-ethyl adjacent to an activating group) is 1. The van der Waals surface area contributed by atoms with Gasteiger partial charge in [-0.2, -0.15) is 18.2 Å². The first-order chi connectivity index (χ1) is 14.7. The molecule has 1 heterocycles. The van der Waals surface area contributed by atoms with Crippen molar-refractivity contribution in [3.8, 4) is 17.1 Å². The number of ether oxygens (including phenoxy) is 1. The Hall–Kier alpha value is -3.40. The number of alkyl halides is 3. The van der Waals surface area contributed by atoms with E-state index in [-0.39, 0.29) is 23.5 Å². The normalized spacial score (nSPS) is 11.5. The van der Waals surface area contributed by atoms with Crippen molar-refractivity contribution in [3.05, 3.63) is 65.5 Å². The van der Waals surface area contributed by atoms with E-state index >= 15 is 0 Å². The Morgan fingerprint density at radius 3 is 2.65 bits per heavy atom. The van der Waals surface area contributed by atoms with E-state index in [1.807, 2.05) is 43.3 Å². The third-order valence-electron chi connectivity index (χ3n) is 4.26. The first-order valence-corrected chi connectivity index (χ1v) is 9.39. The number of halogens is 3. The van der Waals surface area contributed by atoms with Gasteiger partial charge < -0.3 is 19.5 Å². The summed E-state index contributed by atoms with van der Waals surface area (Å²) in [5.41, 5.74) is 1.29. The molecule has 3 rings (SSSR count). The lowest BCUT2D eigenvalue weighted by molar-refractivity contribution is -0.159. The molecule has 1 N–H and O–H groups in total. The number of aromatic nitrogens is 2. The number of nitrogens with zero attached hydrogens (tertiary/aromatic N) is 3. The molecule has 31 heavy (non-hydrogen) atoms. The number of nitrogens with one attached hydrogen (secondary N) is 1. The molecule has 164 valence electrons. The van der Waals surface area contributed by atoms with Gasteiger partial charge >= 0.3 is 12.1 Å². The summed E-state index contributed by atoms with van der Waals surface area (Å²) < 4.78 is 48.0. The van der Waals surface area contributed by atoms with Crippen molar-refractivity contribution < 1.29 is 27.2 Å². The summed E-state index contributed by atoms with van der Waals surface area (Å²) in [4.78, 5) is 17.9. The first kappa shape index (κ1) is 22.3. The van der Waals surface area contributed by atoms with E-state index in [1.54, 1.807) is 6.07 Å². The maximum atomic E-state index is 12.7. The molecule has 2 aromatic carbocycles. The van der Waals surface area contributed by atoms with Gasteiger partial charge in [-0.05, 0) is 32.3 Å². The molecule has 0 radical (unpaired) electrons. The van der Waals surface area contributed by atoms with Crippen LogP contribution < -0.4 is 10.1 Å². The zero-order valence-electron chi connectivity index (χ0n) is 16.9. The standard InChI is InChI=1S/C21H21F3N4O3/c1-28(2)10-11-30-17-9-4-3-6-16(17)13-25-19(29)15-8-5-7-14(12-15)18-26-20(31-27-18)21(22,23)24/h3-9,12H,10-11,13H2,1-2H3,(H,25,29). The summed E-state index contributed by atoms with van der Waals surface area (Å²) in [6.45, 7) is 1.48. The molecule has 10 heteroatoms. The minimum atomic E-state index is -4.73. The van der Waals surface area contributed by atoms with Crippen molar-refractivity contribution in [2.24, 2.45) is 0 Å². The SMILES string of the molecule is CN(C)CCOc1ccccc1CNC(=O)c1cccc(-c2noc(C(F)(F)F)n2)c1. The Morgan fingerprint density at radius 2 is 1.94 bits per heavy atom. The highest BCUT2D eigenvalue weighted by Gasteiger charge is 2.38. The molecule has 0 aliphatic rings. The predicted molar refractivity (Wildman–Crippen MR) is 106 cm³/mol. The van der Waals surface area contributed by atoms with Gasteiger partial charge in [0, 0.05) is 29.8 Å². The van der Waals surface area contributed by atoms with Crippen molar-refractivity contribution >= 4 is 5.91 Å². The molecule has 1 amide bonds. The molecule has 0 fully saturated rings. The average molecular weight is 434 g/mol. The Morgan fingerprint density at radius 1 is 1.16 bits per heavy atom. The third kappa shape index (κ3) is 6.05. The molecule has 0 bridgehead atoms. The largest absolute Gasteiger partial charge is 0.492 e. The van der Waals surface area contributed by atoms with E-state index in [0.717, 1.165) is 12.1 Å². The van der Waals surface area contributed by atoms with Crippen LogP contribution in [0.1, 0.15) is 21.8 Å². The third-order valence-corrected chi connectivity index (χ3v) is 4.26. The fourth-order valence-electron chi connectivity index (χ4n) is 2.66. The van der Waals surface area contributed by atoms with Crippen LogP contribution in [0.3, 0.4) is 0 Å². The van der Waals surface area contributed by atoms with Crippen molar-refractivity contribution in [2.75, 3.05) is 27.2 Å². The van der Waals surface area contributed by atoms with Crippen molar-refractivity contribution in [1.82, 2.24) is 20.4 Å². The number of hydrogen-bond acceptors (Lipinski definition) is 6. The monoisotopic (exact) mass is 434 g/mol. The zero-order valence-corrected chi connectivity index (χ0v) is 16.9. The van der Waals surface area contributed by atoms with Crippen molar-refractivity contribution in [2.45, 2.75) is 12.7 Å². The number of carbonyl (C=O) groups excluding carboxylic acids is 1. The summed E-state index contributed by atoms with van der Waals surface area (Å²) in [7, 11) is 3.89. The highest BCUT2D eigenvalue weighted by molar-refractivity contribution is 5.95. The maximum absolute atomic E-state index is 12.7. The Bertz CT molecular complexity index is 1030. The second kappa shape index (κ2) is 9.61. The molecule has 7 nitrogen and oxygen atoms in total. The molecule has 0 saturated carbocycles. The van der Waals surface area contributed by atoms with Crippen LogP contribution in [-0.4, -0.2) is 48.2 Å². The van der Waals surface area contributed by atoms with Gasteiger partial charge in [0.25, 0.3) is 5.91 Å². The summed E-state index contributed by atoms with van der Waals surface area (Å²) in [6.07, 6.45) is -4.73. The summed E-state index contributed by atoms with van der Waals surface area (Å²) in [6, 6.07) is 13.3. The fourth-order valence-corrected chi connectivity index (χ4v) is 2.66. The molecular formula is C21H21F3N4O3. The Labute approximate surface area is 176 Å². The number of benzene rings is 2. The van der Waals surface area contributed by atoms with Crippen molar-refractivity contribution in [3.63, 3.8) is 0 Å². The molecule has 0 aliphatic carbocycles. The van der Waals surface area contributed by atoms with Crippen LogP contribution in [0, 0.1) is 0 Å². The lowest BCUT2D eigenvalue weighted by atomic mass is 10.1. The molecule has 1 aromatic heterocycles. The smallest absolute Gasteiger partial charge is 0.471 e. The zero-order chi connectivity index (χ0) is 22.4. The average Bonchev–Trinajstić information content (AvgIpc) is 3.24.